The van der Waals surface area contributed by atoms with Gasteiger partial charge < -0.3 is 404 Å². The van der Waals surface area contributed by atoms with Crippen LogP contribution in [0.25, 0.3) is 0 Å². The van der Waals surface area contributed by atoms with E-state index in [-0.39, 0.29) is 469 Å². The Balaban J connectivity index is -0.00000000753. The van der Waals surface area contributed by atoms with Crippen LogP contribution >= 0.6 is 62.6 Å². The molecule has 4 aliphatic heterocycles. The summed E-state index contributed by atoms with van der Waals surface area (Å²) in [4.78, 5) is 204. The molecule has 4 rings (SSSR count). The van der Waals surface area contributed by atoms with Crippen molar-refractivity contribution in [3.05, 3.63) is 0 Å². The van der Waals surface area contributed by atoms with Crippen LogP contribution in [-0.4, -0.2) is 241 Å². The molecule has 0 aromatic carbocycles. The van der Waals surface area contributed by atoms with Crippen LogP contribution in [-0.2, 0) is 421 Å². The van der Waals surface area contributed by atoms with Gasteiger partial charge in [-0.15, -0.1) is 0 Å². The summed E-state index contributed by atoms with van der Waals surface area (Å²) < 4.78 is 69.1. The molecule has 0 amide bonds. The molecular weight excluding hydrogens is 2930 g/mol. The maximum atomic E-state index is 8.66. The second-order valence-corrected chi connectivity index (χ2v) is 22.0. The molecular formula is C24H92Mo12N12NaO66P8-55. The van der Waals surface area contributed by atoms with Crippen molar-refractivity contribution in [2.75, 3.05) is 157 Å². The first-order chi connectivity index (χ1) is 33.7. The van der Waals surface area contributed by atoms with Crippen molar-refractivity contribution < 1.29 is 686 Å². The van der Waals surface area contributed by atoms with Crippen LogP contribution in [0.1, 0.15) is 0 Å². The second kappa shape index (κ2) is 235. The van der Waals surface area contributed by atoms with Gasteiger partial charge in [-0.1, -0.05) is 0 Å². The van der Waals surface area contributed by atoms with Crippen molar-refractivity contribution >= 4 is 62.6 Å². The number of hydrogen-bond acceptors (Lipinski definition) is 32. The van der Waals surface area contributed by atoms with Gasteiger partial charge in [0.25, 0.3) is 0 Å². The Morgan fingerprint density at radius 1 is 0.220 bits per heavy atom. The van der Waals surface area contributed by atoms with Gasteiger partial charge in [0.1, 0.15) is 157 Å². The quantitative estimate of drug-likeness (QED) is 0.0793. The average molecular weight is 3030 g/mol. The number of piperazine rings is 4. The summed E-state index contributed by atoms with van der Waals surface area (Å²) in [6.45, 7) is 30.7. The molecule has 4 aliphatic rings. The van der Waals surface area contributed by atoms with Gasteiger partial charge >= 0.3 is 50.6 Å². The van der Waals surface area contributed by atoms with E-state index in [2.05, 4.69) is 44.2 Å². The van der Waals surface area contributed by atoms with Crippen molar-refractivity contribution in [2.24, 2.45) is 0 Å². The van der Waals surface area contributed by atoms with E-state index < -0.39 is 62.6 Å². The molecule has 44 N–H and O–H groups in total. The molecule has 0 aliphatic carbocycles. The Kier molecular flexibility index (Phi) is 731. The summed E-state index contributed by atoms with van der Waals surface area (Å²) in [5.74, 6) is 0. The first-order valence-electron chi connectivity index (χ1n) is 21.5. The molecule has 0 spiro atoms. The summed E-state index contributed by atoms with van der Waals surface area (Å²) >= 11 is 0. The zero-order chi connectivity index (χ0) is 62.1. The van der Waals surface area contributed by atoms with Gasteiger partial charge in [0.15, 0.2) is 0 Å². The zero-order valence-electron chi connectivity index (χ0n) is 61.4. The topological polar surface area (TPSA) is 1860 Å². The van der Waals surface area contributed by atoms with Crippen molar-refractivity contribution in [3.63, 3.8) is 0 Å². The number of phosphoric acid groups is 8. The standard InChI is InChI=1S/4C6H15N3.12Mo.Na.8H3O4P.10H2O.24O/c4*7-1-4-9-5-2-8-3-6-9;;;;;;;;;;;;;;8*1-5(2,3)4;;;;;;;;;;;;;;;;;;;;;;;;;;;;;;;;;;/h4*8H,1-7H2;;;;;;;;;;;;;;8*(H3,1,2,3,4);10*1H2;;;;;;;;;;;;;;;;;;;;;;;;/q;;;;;;;;;;;;;;;+4;+1;;;;;;;;;;;;;;;;;;;24*-2/p-12. The molecule has 4 fully saturated rings. The average Bonchev–Trinajstić information content (AvgIpc) is 3.16. The van der Waals surface area contributed by atoms with Gasteiger partial charge in [-0.25, -0.2) is 0 Å². The summed E-state index contributed by atoms with van der Waals surface area (Å²) in [5.41, 5.74) is 15.4. The SMILES string of the molecule is O.O.O.O.O=P([O-])([O-])O.O=P([O-])([O-])O.O=P([O-])([O-])O.O=P([O-])([O-])O.O=P([O-])([O-])O.O=P([O-])([O-])O.O=P([O-])([O-])[O-].O=P([O-])([O-])[O-].[Mo+4].[Mo].[Mo].[Mo].[Mo].[Mo].[Mo].[Mo].[Mo].[Mo].[Mo].[Mo].[NH3+]CC[NH+]1CC[NH2+]CC1.[NH3+]CC[NH+]1CC[NH2+]CC1.[NH3+]CC[NH+]1CC[NH2+]CC1.[NH3+]CC[NH+]1CC[NH2+]CC1.[Na+].[O-2].[O-2].[O-2].[O-2].[O-2].[O-2].[O-2].[O-2].[O-2].[O-2].[O-2].[O-2].[O-2].[O-2].[O-2].[O-2].[O-2].[O-2].[O-2].[O-2].[O-2].[O-2].[O-2].[O-2].[OH-].[OH-].[OH-].[OH-].[OH-].[OH-]. The van der Waals surface area contributed by atoms with Gasteiger partial charge in [0, 0.05) is 232 Å². The van der Waals surface area contributed by atoms with Gasteiger partial charge in [-0.2, -0.15) is 15.6 Å². The number of nitrogens with two attached hydrogens (primary N) is 4. The summed E-state index contributed by atoms with van der Waals surface area (Å²) in [7, 11) is -41.6. The van der Waals surface area contributed by atoms with Crippen LogP contribution in [0.15, 0.2) is 0 Å². The fourth-order valence-corrected chi connectivity index (χ4v) is 5.53. The van der Waals surface area contributed by atoms with E-state index >= 15 is 0 Å². The third kappa shape index (κ3) is 784. The zero-order valence-corrected chi connectivity index (χ0v) is 94.6. The Morgan fingerprint density at radius 2 is 0.268 bits per heavy atom. The molecule has 812 valence electrons. The van der Waals surface area contributed by atoms with E-state index in [9.17, 15) is 0 Å². The number of rotatable bonds is 8. The summed E-state index contributed by atoms with van der Waals surface area (Å²) in [5, 5.41) is 9.58. The van der Waals surface area contributed by atoms with Crippen LogP contribution in [0.2, 0.25) is 0 Å². The molecule has 123 heavy (non-hydrogen) atoms. The fraction of sp³-hybridized carbons (Fsp3) is 1.00. The van der Waals surface area contributed by atoms with Crippen molar-refractivity contribution in [1.82, 2.24) is 0 Å². The summed E-state index contributed by atoms with van der Waals surface area (Å²) in [6, 6.07) is 0. The minimum Gasteiger partial charge on any atom is -2.00 e. The molecule has 0 saturated carbocycles. The Hall–Kier alpha value is 8.30. The van der Waals surface area contributed by atoms with Gasteiger partial charge in [0.2, 0.25) is 0 Å². The van der Waals surface area contributed by atoms with Gasteiger partial charge in [-0.3, -0.25) is 0 Å². The number of quaternary nitrogens is 12. The van der Waals surface area contributed by atoms with E-state index in [0.29, 0.717) is 0 Å². The largest absolute Gasteiger partial charge is 4.00 e. The maximum Gasteiger partial charge on any atom is 4.00 e. The smallest absolute Gasteiger partial charge is 2.00 e. The molecule has 99 heteroatoms. The molecule has 0 aromatic rings. The third-order valence-electron chi connectivity index (χ3n) is 7.74. The molecule has 0 unspecified atom stereocenters. The first-order valence-corrected chi connectivity index (χ1v) is 33.3. The van der Waals surface area contributed by atoms with Crippen LogP contribution < -0.4 is 181 Å². The molecule has 0 radical (unpaired) electrons. The Bertz CT molecular complexity index is 1380. The number of hydrogen-bond donors (Lipinski definition) is 18. The van der Waals surface area contributed by atoms with E-state index in [1.807, 2.05) is 0 Å². The van der Waals surface area contributed by atoms with Gasteiger partial charge in [-0.05, 0) is 0 Å². The van der Waals surface area contributed by atoms with E-state index in [1.54, 1.807) is 19.6 Å². The van der Waals surface area contributed by atoms with E-state index in [0.717, 1.165) is 26.2 Å². The van der Waals surface area contributed by atoms with Crippen LogP contribution in [0.3, 0.4) is 0 Å². The van der Waals surface area contributed by atoms with Gasteiger partial charge in [0.05, 0.1) is 46.9 Å². The number of nitrogens with one attached hydrogen (secondary N) is 4. The minimum atomic E-state index is -5.39. The molecule has 0 bridgehead atoms. The summed E-state index contributed by atoms with van der Waals surface area (Å²) in [6.07, 6.45) is 0. The third-order valence-corrected chi connectivity index (χ3v) is 7.74. The Labute approximate surface area is 896 Å². The molecule has 4 heterocycles. The van der Waals surface area contributed by atoms with E-state index in [4.69, 9.17) is 154 Å². The van der Waals surface area contributed by atoms with Crippen molar-refractivity contribution in [2.45, 2.75) is 0 Å². The normalized spacial score (nSPS) is 10.4. The predicted molar refractivity (Wildman–Crippen MR) is 257 cm³/mol. The van der Waals surface area contributed by atoms with Crippen molar-refractivity contribution in [3.8, 4) is 0 Å². The van der Waals surface area contributed by atoms with E-state index in [1.165, 1.54) is 131 Å². The van der Waals surface area contributed by atoms with Crippen LogP contribution in [0, 0.1) is 0 Å². The fourth-order valence-electron chi connectivity index (χ4n) is 5.53. The monoisotopic (exact) mass is 3050 g/mol. The maximum absolute atomic E-state index is 8.66. The minimum absolute atomic E-state index is 0. The van der Waals surface area contributed by atoms with Crippen LogP contribution in [0.4, 0.5) is 0 Å². The Morgan fingerprint density at radius 3 is 0.309 bits per heavy atom. The van der Waals surface area contributed by atoms with Crippen LogP contribution in [0.5, 0.6) is 0 Å². The predicted octanol–water partition coefficient (Wildman–Crippen LogP) is -46.3. The first kappa shape index (κ1) is 383. The van der Waals surface area contributed by atoms with Crippen molar-refractivity contribution in [1.29, 1.82) is 0 Å². The molecule has 4 saturated heterocycles. The molecule has 78 nitrogen and oxygen atoms in total. The second-order valence-electron chi connectivity index (χ2n) is 14.6. The molecule has 0 atom stereocenters. The molecule has 0 aromatic heterocycles.